The van der Waals surface area contributed by atoms with Crippen molar-refractivity contribution in [1.29, 1.82) is 0 Å². The fourth-order valence-electron chi connectivity index (χ4n) is 1.97. The summed E-state index contributed by atoms with van der Waals surface area (Å²) in [5.41, 5.74) is 0.937. The molecule has 0 unspecified atom stereocenters. The molecule has 0 atom stereocenters. The van der Waals surface area contributed by atoms with Crippen LogP contribution in [-0.4, -0.2) is 15.6 Å². The molecule has 6 heteroatoms. The topological polar surface area (TPSA) is 34.9 Å². The summed E-state index contributed by atoms with van der Waals surface area (Å²) in [6, 6.07) is 4.64. The Balaban J connectivity index is 2.14. The van der Waals surface area contributed by atoms with Crippen molar-refractivity contribution >= 4 is 11.9 Å². The number of benzene rings is 1. The lowest BCUT2D eigenvalue weighted by Crippen LogP contribution is -2.04. The molecular weight excluding hydrogens is 293 g/mol. The molecule has 0 amide bonds. The van der Waals surface area contributed by atoms with Gasteiger partial charge < -0.3 is 0 Å². The largest absolute Gasteiger partial charge is 0.416 e. The number of carbonyl (C=O) groups is 1. The van der Waals surface area contributed by atoms with Gasteiger partial charge in [0.05, 0.1) is 16.8 Å². The van der Waals surface area contributed by atoms with E-state index in [1.165, 1.54) is 24.3 Å². The minimum atomic E-state index is -4.36. The number of carbonyl (C=O) groups excluding carboxylic acids is 1. The molecule has 0 N–H and O–H groups in total. The molecule has 0 aliphatic carbocycles. The van der Waals surface area contributed by atoms with Gasteiger partial charge in [-0.15, -0.1) is 0 Å². The number of hydrogen-bond donors (Lipinski definition) is 0. The van der Waals surface area contributed by atoms with Crippen LogP contribution in [0.5, 0.6) is 0 Å². The molecule has 1 heterocycles. The molecule has 2 rings (SSSR count). The maximum absolute atomic E-state index is 12.5. The summed E-state index contributed by atoms with van der Waals surface area (Å²) < 4.78 is 39.0. The van der Waals surface area contributed by atoms with Crippen LogP contribution in [0.3, 0.4) is 0 Å². The van der Waals surface area contributed by atoms with Gasteiger partial charge in [-0.3, -0.25) is 9.48 Å². The van der Waals surface area contributed by atoms with Crippen LogP contribution in [0.4, 0.5) is 13.2 Å². The third kappa shape index (κ3) is 3.63. The van der Waals surface area contributed by atoms with E-state index in [-0.39, 0.29) is 5.78 Å². The van der Waals surface area contributed by atoms with Gasteiger partial charge in [-0.1, -0.05) is 18.2 Å². The lowest BCUT2D eigenvalue weighted by Gasteiger charge is -2.05. The van der Waals surface area contributed by atoms with Crippen molar-refractivity contribution in [2.75, 3.05) is 0 Å². The van der Waals surface area contributed by atoms with E-state index in [0.717, 1.165) is 12.1 Å². The molecule has 0 radical (unpaired) electrons. The first-order valence-corrected chi connectivity index (χ1v) is 6.75. The number of allylic oxidation sites excluding steroid dienone is 1. The maximum atomic E-state index is 12.5. The van der Waals surface area contributed by atoms with E-state index in [1.807, 2.05) is 6.92 Å². The third-order valence-electron chi connectivity index (χ3n) is 3.20. The summed E-state index contributed by atoms with van der Waals surface area (Å²) in [6.07, 6.45) is 0.135. The fourth-order valence-corrected chi connectivity index (χ4v) is 1.97. The summed E-state index contributed by atoms with van der Waals surface area (Å²) >= 11 is 0. The number of rotatable bonds is 4. The molecule has 1 aromatic carbocycles. The third-order valence-corrected chi connectivity index (χ3v) is 3.20. The normalized spacial score (nSPS) is 12.0. The van der Waals surface area contributed by atoms with E-state index in [2.05, 4.69) is 5.10 Å². The highest BCUT2D eigenvalue weighted by Crippen LogP contribution is 2.29. The Hall–Kier alpha value is -2.37. The number of aryl methyl sites for hydroxylation is 2. The van der Waals surface area contributed by atoms with Gasteiger partial charge in [0.15, 0.2) is 5.78 Å². The first kappa shape index (κ1) is 16.0. The Labute approximate surface area is 126 Å². The molecule has 0 saturated carbocycles. The smallest absolute Gasteiger partial charge is 0.289 e. The van der Waals surface area contributed by atoms with E-state index in [4.69, 9.17) is 0 Å². The van der Waals surface area contributed by atoms with Crippen LogP contribution in [0.1, 0.15) is 34.1 Å². The zero-order chi connectivity index (χ0) is 16.3. The van der Waals surface area contributed by atoms with Gasteiger partial charge in [-0.2, -0.15) is 18.3 Å². The van der Waals surface area contributed by atoms with Gasteiger partial charge in [0.1, 0.15) is 0 Å². The van der Waals surface area contributed by atoms with Crippen molar-refractivity contribution in [2.45, 2.75) is 26.6 Å². The molecule has 0 aliphatic rings. The Morgan fingerprint density at radius 2 is 1.91 bits per heavy atom. The predicted molar refractivity (Wildman–Crippen MR) is 77.4 cm³/mol. The Bertz CT molecular complexity index is 697. The zero-order valence-electron chi connectivity index (χ0n) is 12.2. The second-order valence-electron chi connectivity index (χ2n) is 4.80. The van der Waals surface area contributed by atoms with Gasteiger partial charge in [0.2, 0.25) is 0 Å². The molecule has 116 valence electrons. The van der Waals surface area contributed by atoms with Crippen molar-refractivity contribution in [3.63, 3.8) is 0 Å². The highest BCUT2D eigenvalue weighted by atomic mass is 19.4. The van der Waals surface area contributed by atoms with Crippen LogP contribution < -0.4 is 0 Å². The summed E-state index contributed by atoms with van der Waals surface area (Å²) in [5.74, 6) is -0.225. The average Bonchev–Trinajstić information content (AvgIpc) is 2.85. The van der Waals surface area contributed by atoms with E-state index in [1.54, 1.807) is 17.8 Å². The van der Waals surface area contributed by atoms with Crippen molar-refractivity contribution in [2.24, 2.45) is 0 Å². The monoisotopic (exact) mass is 308 g/mol. The molecule has 0 fully saturated rings. The molecule has 0 bridgehead atoms. The molecule has 3 nitrogen and oxygen atoms in total. The van der Waals surface area contributed by atoms with Crippen molar-refractivity contribution < 1.29 is 18.0 Å². The molecule has 0 aliphatic heterocycles. The fraction of sp³-hybridized carbons (Fsp3) is 0.250. The van der Waals surface area contributed by atoms with Gasteiger partial charge in [-0.25, -0.2) is 0 Å². The zero-order valence-corrected chi connectivity index (χ0v) is 12.2. The minimum Gasteiger partial charge on any atom is -0.289 e. The number of alkyl halides is 3. The molecular formula is C16H15F3N2O. The van der Waals surface area contributed by atoms with Gasteiger partial charge in [0.25, 0.3) is 0 Å². The van der Waals surface area contributed by atoms with Crippen molar-refractivity contribution in [3.8, 4) is 0 Å². The lowest BCUT2D eigenvalue weighted by molar-refractivity contribution is -0.137. The van der Waals surface area contributed by atoms with Crippen LogP contribution in [-0.2, 0) is 12.7 Å². The van der Waals surface area contributed by atoms with Gasteiger partial charge in [0, 0.05) is 12.7 Å². The highest BCUT2D eigenvalue weighted by molar-refractivity contribution is 6.07. The number of hydrogen-bond acceptors (Lipinski definition) is 2. The minimum absolute atomic E-state index is 0.225. The van der Waals surface area contributed by atoms with Crippen molar-refractivity contribution in [1.82, 2.24) is 9.78 Å². The van der Waals surface area contributed by atoms with E-state index < -0.39 is 11.7 Å². The average molecular weight is 308 g/mol. The lowest BCUT2D eigenvalue weighted by atomic mass is 10.1. The van der Waals surface area contributed by atoms with E-state index >= 15 is 0 Å². The summed E-state index contributed by atoms with van der Waals surface area (Å²) in [4.78, 5) is 12.1. The van der Waals surface area contributed by atoms with Crippen molar-refractivity contribution in [3.05, 3.63) is 58.9 Å². The Morgan fingerprint density at radius 1 is 1.27 bits per heavy atom. The summed E-state index contributed by atoms with van der Waals surface area (Å²) in [6.45, 7) is 4.32. The number of ketones is 1. The van der Waals surface area contributed by atoms with Crippen LogP contribution in [0.15, 0.2) is 36.5 Å². The molecule has 22 heavy (non-hydrogen) atoms. The van der Waals surface area contributed by atoms with Crippen LogP contribution >= 0.6 is 0 Å². The SMILES string of the molecule is CCn1cc(C(=O)/C=C/c2ccc(C(F)(F)F)cc2)c(C)n1. The first-order valence-electron chi connectivity index (χ1n) is 6.75. The first-order chi connectivity index (χ1) is 10.3. The molecule has 0 saturated heterocycles. The summed E-state index contributed by atoms with van der Waals surface area (Å²) in [7, 11) is 0. The molecule has 0 spiro atoms. The highest BCUT2D eigenvalue weighted by Gasteiger charge is 2.29. The molecule has 2 aromatic rings. The second-order valence-corrected chi connectivity index (χ2v) is 4.80. The Kier molecular flexibility index (Phi) is 4.49. The van der Waals surface area contributed by atoms with E-state index in [0.29, 0.717) is 23.4 Å². The second kappa shape index (κ2) is 6.17. The maximum Gasteiger partial charge on any atom is 0.416 e. The van der Waals surface area contributed by atoms with Gasteiger partial charge in [-0.05, 0) is 37.6 Å². The van der Waals surface area contributed by atoms with Crippen LogP contribution in [0, 0.1) is 6.92 Å². The molecule has 1 aromatic heterocycles. The quantitative estimate of drug-likeness (QED) is 0.629. The predicted octanol–water partition coefficient (Wildman–Crippen LogP) is 4.13. The summed E-state index contributed by atoms with van der Waals surface area (Å²) in [5, 5.41) is 4.18. The number of aromatic nitrogens is 2. The number of halogens is 3. The van der Waals surface area contributed by atoms with Crippen LogP contribution in [0.25, 0.3) is 6.08 Å². The van der Waals surface area contributed by atoms with Crippen LogP contribution in [0.2, 0.25) is 0 Å². The van der Waals surface area contributed by atoms with Gasteiger partial charge >= 0.3 is 6.18 Å². The van der Waals surface area contributed by atoms with E-state index in [9.17, 15) is 18.0 Å². The Morgan fingerprint density at radius 3 is 2.41 bits per heavy atom. The number of nitrogens with zero attached hydrogens (tertiary/aromatic N) is 2. The standard InChI is InChI=1S/C16H15F3N2O/c1-3-21-10-14(11(2)20-21)15(22)9-6-12-4-7-13(8-5-12)16(17,18)19/h4-10H,3H2,1-2H3/b9-6+.